The van der Waals surface area contributed by atoms with E-state index in [4.69, 9.17) is 4.74 Å². The van der Waals surface area contributed by atoms with E-state index in [1.807, 2.05) is 42.5 Å². The van der Waals surface area contributed by atoms with Crippen molar-refractivity contribution in [2.75, 3.05) is 23.4 Å². The fraction of sp³-hybridized carbons (Fsp3) is 0.174. The number of nitrogens with zero attached hydrogens (tertiary/aromatic N) is 1. The van der Waals surface area contributed by atoms with Gasteiger partial charge >= 0.3 is 0 Å². The third-order valence-corrected chi connectivity index (χ3v) is 4.69. The van der Waals surface area contributed by atoms with Crippen LogP contribution in [0.25, 0.3) is 0 Å². The molecule has 4 heteroatoms. The molecule has 0 spiro atoms. The van der Waals surface area contributed by atoms with E-state index in [2.05, 4.69) is 46.6 Å². The molecule has 0 bridgehead atoms. The van der Waals surface area contributed by atoms with Gasteiger partial charge in [-0.05, 0) is 60.9 Å². The van der Waals surface area contributed by atoms with Crippen molar-refractivity contribution in [1.29, 1.82) is 0 Å². The lowest BCUT2D eigenvalue weighted by Crippen LogP contribution is -2.24. The van der Waals surface area contributed by atoms with Crippen molar-refractivity contribution < 1.29 is 9.53 Å². The van der Waals surface area contributed by atoms with Crippen molar-refractivity contribution in [3.63, 3.8) is 0 Å². The fourth-order valence-corrected chi connectivity index (χ4v) is 3.39. The fourth-order valence-electron chi connectivity index (χ4n) is 3.39. The summed E-state index contributed by atoms with van der Waals surface area (Å²) in [6.07, 6.45) is 2.27. The molecular formula is C23H22N2O2. The van der Waals surface area contributed by atoms with Crippen LogP contribution in [0.2, 0.25) is 0 Å². The summed E-state index contributed by atoms with van der Waals surface area (Å²) < 4.78 is 5.48. The Morgan fingerprint density at radius 3 is 2.48 bits per heavy atom. The van der Waals surface area contributed by atoms with Crippen LogP contribution in [-0.2, 0) is 11.2 Å². The van der Waals surface area contributed by atoms with E-state index in [1.165, 1.54) is 11.3 Å². The third kappa shape index (κ3) is 4.11. The van der Waals surface area contributed by atoms with Gasteiger partial charge in [-0.1, -0.05) is 36.4 Å². The Morgan fingerprint density at radius 2 is 1.67 bits per heavy atom. The Hall–Kier alpha value is -3.27. The molecular weight excluding hydrogens is 336 g/mol. The standard InChI is InChI=1S/C23H22N2O2/c26-23(17-27-21-9-2-1-3-10-21)24-19-12-14-20(15-13-19)25-16-6-8-18-7-4-5-11-22(18)25/h1-5,7,9-15H,6,8,16-17H2,(H,24,26). The van der Waals surface area contributed by atoms with Gasteiger partial charge in [0.15, 0.2) is 6.61 Å². The van der Waals surface area contributed by atoms with Gasteiger partial charge in [0.05, 0.1) is 0 Å². The summed E-state index contributed by atoms with van der Waals surface area (Å²) >= 11 is 0. The lowest BCUT2D eigenvalue weighted by atomic mass is 10.0. The molecule has 1 N–H and O–H groups in total. The number of rotatable bonds is 5. The van der Waals surface area contributed by atoms with Gasteiger partial charge in [0.25, 0.3) is 5.91 Å². The maximum Gasteiger partial charge on any atom is 0.262 e. The van der Waals surface area contributed by atoms with E-state index in [9.17, 15) is 4.79 Å². The van der Waals surface area contributed by atoms with Crippen molar-refractivity contribution in [3.8, 4) is 5.75 Å². The van der Waals surface area contributed by atoms with Gasteiger partial charge in [-0.25, -0.2) is 0 Å². The van der Waals surface area contributed by atoms with Gasteiger partial charge in [-0.3, -0.25) is 4.79 Å². The Morgan fingerprint density at radius 1 is 0.926 bits per heavy atom. The molecule has 1 amide bonds. The number of nitrogens with one attached hydrogen (secondary N) is 1. The first kappa shape index (κ1) is 17.2. The Kier molecular flexibility index (Phi) is 5.06. The van der Waals surface area contributed by atoms with Crippen molar-refractivity contribution >= 4 is 23.0 Å². The highest BCUT2D eigenvalue weighted by molar-refractivity contribution is 5.92. The molecule has 27 heavy (non-hydrogen) atoms. The molecule has 0 unspecified atom stereocenters. The first-order valence-electron chi connectivity index (χ1n) is 9.23. The van der Waals surface area contributed by atoms with Crippen LogP contribution in [0, 0.1) is 0 Å². The molecule has 4 rings (SSSR count). The van der Waals surface area contributed by atoms with Crippen molar-refractivity contribution in [3.05, 3.63) is 84.4 Å². The van der Waals surface area contributed by atoms with Gasteiger partial charge in [-0.2, -0.15) is 0 Å². The number of carbonyl (C=O) groups excluding carboxylic acids is 1. The maximum atomic E-state index is 12.1. The lowest BCUT2D eigenvalue weighted by molar-refractivity contribution is -0.118. The number of anilines is 3. The van der Waals surface area contributed by atoms with Crippen molar-refractivity contribution in [1.82, 2.24) is 0 Å². The minimum Gasteiger partial charge on any atom is -0.484 e. The van der Waals surface area contributed by atoms with Gasteiger partial charge < -0.3 is 15.0 Å². The summed E-state index contributed by atoms with van der Waals surface area (Å²) in [4.78, 5) is 14.4. The summed E-state index contributed by atoms with van der Waals surface area (Å²) in [5, 5.41) is 2.88. The molecule has 0 radical (unpaired) electrons. The minimum atomic E-state index is -0.171. The highest BCUT2D eigenvalue weighted by Crippen LogP contribution is 2.33. The molecule has 136 valence electrons. The summed E-state index contributed by atoms with van der Waals surface area (Å²) in [6, 6.07) is 25.9. The predicted octanol–water partition coefficient (Wildman–Crippen LogP) is 4.79. The average Bonchev–Trinajstić information content (AvgIpc) is 2.73. The lowest BCUT2D eigenvalue weighted by Gasteiger charge is -2.31. The summed E-state index contributed by atoms with van der Waals surface area (Å²) in [5.41, 5.74) is 4.57. The predicted molar refractivity (Wildman–Crippen MR) is 109 cm³/mol. The number of aryl methyl sites for hydroxylation is 1. The van der Waals surface area contributed by atoms with E-state index in [-0.39, 0.29) is 12.5 Å². The Balaban J connectivity index is 1.39. The van der Waals surface area contributed by atoms with Gasteiger partial charge in [0.2, 0.25) is 0 Å². The molecule has 4 nitrogen and oxygen atoms in total. The molecule has 0 saturated carbocycles. The quantitative estimate of drug-likeness (QED) is 0.713. The monoisotopic (exact) mass is 358 g/mol. The van der Waals surface area contributed by atoms with Crippen LogP contribution >= 0.6 is 0 Å². The van der Waals surface area contributed by atoms with Gasteiger partial charge in [0.1, 0.15) is 5.75 Å². The number of benzene rings is 3. The molecule has 1 aliphatic heterocycles. The number of hydrogen-bond acceptors (Lipinski definition) is 3. The Bertz CT molecular complexity index is 907. The molecule has 0 aromatic heterocycles. The number of fused-ring (bicyclic) bond motifs is 1. The largest absolute Gasteiger partial charge is 0.484 e. The van der Waals surface area contributed by atoms with Crippen molar-refractivity contribution in [2.24, 2.45) is 0 Å². The minimum absolute atomic E-state index is 0.00867. The van der Waals surface area contributed by atoms with E-state index in [0.29, 0.717) is 5.75 Å². The first-order chi connectivity index (χ1) is 13.3. The molecule has 0 aliphatic carbocycles. The molecule has 1 aliphatic rings. The van der Waals surface area contributed by atoms with Crippen LogP contribution in [0.15, 0.2) is 78.9 Å². The molecule has 3 aromatic rings. The maximum absolute atomic E-state index is 12.1. The third-order valence-electron chi connectivity index (χ3n) is 4.69. The van der Waals surface area contributed by atoms with E-state index in [0.717, 1.165) is 30.8 Å². The summed E-state index contributed by atoms with van der Waals surface area (Å²) in [5.74, 6) is 0.515. The van der Waals surface area contributed by atoms with Crippen LogP contribution in [0.3, 0.4) is 0 Å². The summed E-state index contributed by atoms with van der Waals surface area (Å²) in [6.45, 7) is 0.999. The second-order valence-corrected chi connectivity index (χ2v) is 6.58. The highest BCUT2D eigenvalue weighted by Gasteiger charge is 2.17. The number of para-hydroxylation sites is 2. The highest BCUT2D eigenvalue weighted by atomic mass is 16.5. The molecule has 3 aromatic carbocycles. The Labute approximate surface area is 159 Å². The van der Waals surface area contributed by atoms with Crippen LogP contribution < -0.4 is 15.0 Å². The van der Waals surface area contributed by atoms with Crippen LogP contribution in [0.5, 0.6) is 5.75 Å². The smallest absolute Gasteiger partial charge is 0.262 e. The average molecular weight is 358 g/mol. The SMILES string of the molecule is O=C(COc1ccccc1)Nc1ccc(N2CCCc3ccccc32)cc1. The molecule has 0 atom stereocenters. The van der Waals surface area contributed by atoms with E-state index < -0.39 is 0 Å². The van der Waals surface area contributed by atoms with Crippen LogP contribution in [0.1, 0.15) is 12.0 Å². The number of amides is 1. The van der Waals surface area contributed by atoms with Gasteiger partial charge in [0, 0.05) is 23.6 Å². The van der Waals surface area contributed by atoms with Crippen molar-refractivity contribution in [2.45, 2.75) is 12.8 Å². The first-order valence-corrected chi connectivity index (χ1v) is 9.23. The normalized spacial score (nSPS) is 13.0. The number of hydrogen-bond donors (Lipinski definition) is 1. The van der Waals surface area contributed by atoms with Crippen LogP contribution in [-0.4, -0.2) is 19.1 Å². The van der Waals surface area contributed by atoms with Crippen LogP contribution in [0.4, 0.5) is 17.1 Å². The molecule has 1 heterocycles. The molecule has 0 fully saturated rings. The van der Waals surface area contributed by atoms with E-state index >= 15 is 0 Å². The second-order valence-electron chi connectivity index (χ2n) is 6.58. The zero-order valence-corrected chi connectivity index (χ0v) is 15.1. The zero-order valence-electron chi connectivity index (χ0n) is 15.1. The van der Waals surface area contributed by atoms with Gasteiger partial charge in [-0.15, -0.1) is 0 Å². The topological polar surface area (TPSA) is 41.6 Å². The summed E-state index contributed by atoms with van der Waals surface area (Å²) in [7, 11) is 0. The molecule has 0 saturated heterocycles. The second kappa shape index (κ2) is 7.96. The zero-order chi connectivity index (χ0) is 18.5. The number of ether oxygens (including phenoxy) is 1. The number of carbonyl (C=O) groups is 1. The van der Waals surface area contributed by atoms with E-state index in [1.54, 1.807) is 0 Å².